The van der Waals surface area contributed by atoms with Crippen LogP contribution in [0.4, 0.5) is 11.4 Å². The molecule has 1 aromatic heterocycles. The number of benzene rings is 2. The Morgan fingerprint density at radius 2 is 1.92 bits per heavy atom. The molecule has 48 heavy (non-hydrogen) atoms. The maximum atomic E-state index is 14.7. The first-order valence-corrected chi connectivity index (χ1v) is 19.8. The maximum absolute atomic E-state index is 14.7. The third-order valence-electron chi connectivity index (χ3n) is 10.3. The van der Waals surface area contributed by atoms with Gasteiger partial charge in [0, 0.05) is 61.4 Å². The quantitative estimate of drug-likeness (QED) is 0.120. The highest BCUT2D eigenvalue weighted by atomic mass is 28.4. The van der Waals surface area contributed by atoms with Gasteiger partial charge in [-0.15, -0.1) is 5.10 Å². The summed E-state index contributed by atoms with van der Waals surface area (Å²) in [7, 11) is -1.53. The molecule has 0 bridgehead atoms. The number of aromatic nitrogens is 3. The summed E-state index contributed by atoms with van der Waals surface area (Å²) in [6.07, 6.45) is 3.78. The van der Waals surface area contributed by atoms with Crippen LogP contribution in [0.25, 0.3) is 0 Å². The lowest BCUT2D eigenvalue weighted by Gasteiger charge is -2.33. The molecule has 0 aliphatic carbocycles. The predicted molar refractivity (Wildman–Crippen MR) is 181 cm³/mol. The minimum atomic E-state index is -2.90. The molecular weight excluding hydrogens is 630 g/mol. The fourth-order valence-corrected chi connectivity index (χ4v) is 10.5. The number of hydrogen-bond donors (Lipinski definition) is 2. The van der Waals surface area contributed by atoms with Crippen LogP contribution in [-0.4, -0.2) is 83.9 Å². The highest BCUT2D eigenvalue weighted by Gasteiger charge is 2.66. The number of β-lactam (4-membered cyclic amide) rings is 1. The van der Waals surface area contributed by atoms with E-state index in [0.29, 0.717) is 56.6 Å². The average molecular weight is 676 g/mol. The largest absolute Gasteiger partial charge is 0.469 e. The van der Waals surface area contributed by atoms with Crippen LogP contribution in [-0.2, 0) is 36.0 Å². The molecule has 256 valence electrons. The third kappa shape index (κ3) is 6.08. The number of anilines is 2. The van der Waals surface area contributed by atoms with Crippen molar-refractivity contribution in [3.05, 3.63) is 71.5 Å². The van der Waals surface area contributed by atoms with Gasteiger partial charge < -0.3 is 29.2 Å². The Balaban J connectivity index is 1.29. The zero-order chi connectivity index (χ0) is 34.2. The molecule has 2 aromatic carbocycles. The fourth-order valence-electron chi connectivity index (χ4n) is 7.85. The molecule has 4 heterocycles. The molecule has 13 heteroatoms. The lowest BCUT2D eigenvalue weighted by Crippen LogP contribution is -2.46. The molecule has 0 saturated carbocycles. The normalized spacial score (nSPS) is 24.2. The second-order valence-corrected chi connectivity index (χ2v) is 17.7. The molecule has 3 aromatic rings. The van der Waals surface area contributed by atoms with Gasteiger partial charge in [0.15, 0.2) is 13.9 Å². The molecule has 3 aliphatic rings. The number of fused-ring (bicyclic) bond motifs is 2. The Hall–Kier alpha value is -3.91. The fraction of sp³-hybridized carbons (Fsp3) is 0.514. The molecule has 2 saturated heterocycles. The van der Waals surface area contributed by atoms with Crippen LogP contribution in [0, 0.1) is 5.92 Å². The summed E-state index contributed by atoms with van der Waals surface area (Å²) < 4.78 is 13.5. The molecular formula is C35H45N5O7Si. The summed E-state index contributed by atoms with van der Waals surface area (Å²) in [6.45, 7) is 7.13. The van der Waals surface area contributed by atoms with Gasteiger partial charge in [0.2, 0.25) is 5.91 Å². The summed E-state index contributed by atoms with van der Waals surface area (Å²) in [5, 5.41) is 18.8. The van der Waals surface area contributed by atoms with Gasteiger partial charge in [0.05, 0.1) is 37.1 Å². The summed E-state index contributed by atoms with van der Waals surface area (Å²) in [5.41, 5.74) is 2.16. The zero-order valence-electron chi connectivity index (χ0n) is 28.0. The van der Waals surface area contributed by atoms with Gasteiger partial charge >= 0.3 is 5.97 Å². The summed E-state index contributed by atoms with van der Waals surface area (Å²) >= 11 is 0. The standard InChI is InChI=1S/C35H45N5O7Si/c1-23-33(48(3,4)45)30(15-18-38-21-28(36-37-38)26(22-41)24-10-6-5-7-11-24)47-35(23)27-20-25(39-19-16-31(39)42)13-14-29(27)40(34(35)44)17-9-8-12-32(43)46-2/h5-7,10-11,13-14,20-21,23,26,30,33,41,45H,8-9,12,15-19,22H2,1-4H3/t23-,26?,30+,33-,35+/m0/s1. The minimum Gasteiger partial charge on any atom is -0.469 e. The van der Waals surface area contributed by atoms with Crippen molar-refractivity contribution in [3.63, 3.8) is 0 Å². The minimum absolute atomic E-state index is 0.0379. The zero-order valence-corrected chi connectivity index (χ0v) is 29.0. The second kappa shape index (κ2) is 13.5. The molecule has 0 radical (unpaired) electrons. The van der Waals surface area contributed by atoms with E-state index in [-0.39, 0.29) is 48.2 Å². The average Bonchev–Trinajstić information content (AvgIpc) is 3.72. The van der Waals surface area contributed by atoms with Crippen LogP contribution in [0.15, 0.2) is 54.7 Å². The Morgan fingerprint density at radius 3 is 2.56 bits per heavy atom. The summed E-state index contributed by atoms with van der Waals surface area (Å²) in [6, 6.07) is 15.4. The van der Waals surface area contributed by atoms with Crippen molar-refractivity contribution in [1.29, 1.82) is 0 Å². The molecule has 2 amide bonds. The van der Waals surface area contributed by atoms with Crippen LogP contribution < -0.4 is 9.80 Å². The van der Waals surface area contributed by atoms with Gasteiger partial charge in [-0.1, -0.05) is 42.5 Å². The highest BCUT2D eigenvalue weighted by molar-refractivity contribution is 6.71. The third-order valence-corrected chi connectivity index (χ3v) is 12.8. The van der Waals surface area contributed by atoms with Crippen molar-refractivity contribution in [2.24, 2.45) is 5.92 Å². The Kier molecular flexibility index (Phi) is 9.58. The number of methoxy groups -OCH3 is 1. The predicted octanol–water partition coefficient (Wildman–Crippen LogP) is 3.72. The van der Waals surface area contributed by atoms with Crippen molar-refractivity contribution in [2.45, 2.75) is 81.8 Å². The van der Waals surface area contributed by atoms with Gasteiger partial charge in [-0.25, -0.2) is 0 Å². The van der Waals surface area contributed by atoms with E-state index in [4.69, 9.17) is 9.47 Å². The summed E-state index contributed by atoms with van der Waals surface area (Å²) in [4.78, 5) is 54.0. The number of aliphatic hydroxyl groups excluding tert-OH is 1. The highest BCUT2D eigenvalue weighted by Crippen LogP contribution is 2.60. The molecule has 6 rings (SSSR count). The number of amides is 2. The number of carbonyl (C=O) groups is 3. The molecule has 5 atom stereocenters. The molecule has 1 unspecified atom stereocenters. The topological polar surface area (TPSA) is 147 Å². The van der Waals surface area contributed by atoms with E-state index in [0.717, 1.165) is 16.9 Å². The number of esters is 1. The van der Waals surface area contributed by atoms with E-state index in [2.05, 4.69) is 10.3 Å². The number of unbranched alkanes of at least 4 members (excludes halogenated alkanes) is 1. The molecule has 2 N–H and O–H groups in total. The van der Waals surface area contributed by atoms with Crippen molar-refractivity contribution >= 4 is 37.5 Å². The van der Waals surface area contributed by atoms with Crippen LogP contribution in [0.2, 0.25) is 18.6 Å². The molecule has 3 aliphatic heterocycles. The Labute approximate surface area is 281 Å². The number of nitrogens with zero attached hydrogens (tertiary/aromatic N) is 5. The van der Waals surface area contributed by atoms with Crippen LogP contribution in [0.5, 0.6) is 0 Å². The second-order valence-electron chi connectivity index (χ2n) is 13.7. The lowest BCUT2D eigenvalue weighted by atomic mass is 9.82. The number of rotatable bonds is 13. The van der Waals surface area contributed by atoms with E-state index >= 15 is 0 Å². The first kappa shape index (κ1) is 34.0. The van der Waals surface area contributed by atoms with Gasteiger partial charge in [-0.3, -0.25) is 19.1 Å². The van der Waals surface area contributed by atoms with E-state index in [1.54, 1.807) is 14.5 Å². The number of ether oxygens (including phenoxy) is 2. The smallest absolute Gasteiger partial charge is 0.305 e. The van der Waals surface area contributed by atoms with E-state index < -0.39 is 20.0 Å². The monoisotopic (exact) mass is 675 g/mol. The van der Waals surface area contributed by atoms with Crippen LogP contribution in [0.1, 0.15) is 61.8 Å². The van der Waals surface area contributed by atoms with Gasteiger partial charge in [0.1, 0.15) is 0 Å². The molecule has 1 spiro atoms. The number of aryl methyl sites for hydroxylation is 1. The van der Waals surface area contributed by atoms with E-state index in [1.807, 2.05) is 74.7 Å². The van der Waals surface area contributed by atoms with Gasteiger partial charge in [-0.2, -0.15) is 0 Å². The van der Waals surface area contributed by atoms with Crippen LogP contribution in [0.3, 0.4) is 0 Å². The number of hydrogen-bond acceptors (Lipinski definition) is 9. The van der Waals surface area contributed by atoms with Crippen molar-refractivity contribution in [2.75, 3.05) is 36.6 Å². The first-order chi connectivity index (χ1) is 23.0. The lowest BCUT2D eigenvalue weighted by molar-refractivity contribution is -0.146. The molecule has 2 fully saturated rings. The van der Waals surface area contributed by atoms with Gasteiger partial charge in [0.25, 0.3) is 5.91 Å². The van der Waals surface area contributed by atoms with Crippen molar-refractivity contribution < 1.29 is 33.8 Å². The SMILES string of the molecule is COC(=O)CCCCN1C(=O)[C@]2(O[C@H](CCn3cc(C(CO)c4ccccc4)nn3)[C@@H]([Si](C)(C)O)[C@@H]2C)c2cc(N3CCC3=O)ccc21. The molecule has 12 nitrogen and oxygen atoms in total. The number of carbonyl (C=O) groups excluding carboxylic acids is 3. The van der Waals surface area contributed by atoms with Gasteiger partial charge in [-0.05, 0) is 56.1 Å². The van der Waals surface area contributed by atoms with E-state index in [1.165, 1.54) is 7.11 Å². The Morgan fingerprint density at radius 1 is 1.15 bits per heavy atom. The first-order valence-electron chi connectivity index (χ1n) is 16.8. The van der Waals surface area contributed by atoms with E-state index in [9.17, 15) is 24.3 Å². The Bertz CT molecular complexity index is 1660. The number of aliphatic hydroxyl groups is 1. The van der Waals surface area contributed by atoms with Crippen molar-refractivity contribution in [1.82, 2.24) is 15.0 Å². The summed E-state index contributed by atoms with van der Waals surface area (Å²) in [5.74, 6) is -1.09. The van der Waals surface area contributed by atoms with Crippen molar-refractivity contribution in [3.8, 4) is 0 Å². The maximum Gasteiger partial charge on any atom is 0.305 e. The van der Waals surface area contributed by atoms with Crippen LogP contribution >= 0.6 is 0 Å².